The lowest BCUT2D eigenvalue weighted by molar-refractivity contribution is -0.134. The van der Waals surface area contributed by atoms with Crippen molar-refractivity contribution >= 4 is 5.91 Å². The van der Waals surface area contributed by atoms with Crippen LogP contribution < -0.4 is 5.32 Å². The summed E-state index contributed by atoms with van der Waals surface area (Å²) in [6.07, 6.45) is 7.45. The average molecular weight is 302 g/mol. The van der Waals surface area contributed by atoms with Crippen LogP contribution in [0.1, 0.15) is 11.6 Å². The number of likely N-dealkylation sites (N-methyl/N-ethyl adjacent to an activating group) is 1. The fraction of sp³-hybridized carbons (Fsp3) is 0.533. The zero-order chi connectivity index (χ0) is 15.5. The van der Waals surface area contributed by atoms with Crippen LogP contribution in [-0.2, 0) is 18.4 Å². The van der Waals surface area contributed by atoms with Gasteiger partial charge >= 0.3 is 0 Å². The van der Waals surface area contributed by atoms with Crippen LogP contribution in [0.4, 0.5) is 0 Å². The second kappa shape index (κ2) is 6.31. The Morgan fingerprint density at radius 3 is 3.05 bits per heavy atom. The number of nitrogens with zero attached hydrogens (tertiary/aromatic N) is 5. The highest BCUT2D eigenvalue weighted by atomic mass is 16.2. The van der Waals surface area contributed by atoms with Crippen molar-refractivity contribution in [3.63, 3.8) is 0 Å². The second-order valence-corrected chi connectivity index (χ2v) is 5.86. The number of carbonyl (C=O) groups is 1. The highest BCUT2D eigenvalue weighted by Gasteiger charge is 2.36. The van der Waals surface area contributed by atoms with Gasteiger partial charge in [-0.15, -0.1) is 0 Å². The van der Waals surface area contributed by atoms with Crippen molar-refractivity contribution in [2.75, 3.05) is 26.7 Å². The van der Waals surface area contributed by atoms with Gasteiger partial charge in [0, 0.05) is 58.2 Å². The van der Waals surface area contributed by atoms with Gasteiger partial charge in [-0.25, -0.2) is 4.98 Å². The molecule has 1 N–H and O–H groups in total. The molecular weight excluding hydrogens is 280 g/mol. The van der Waals surface area contributed by atoms with Crippen molar-refractivity contribution < 1.29 is 4.79 Å². The SMILES string of the molecule is CN(CCn1cccn1)C(=O)[C@@H]1CNC[C@H]1c1cn(C)cn1. The normalized spacial score (nSPS) is 21.2. The Morgan fingerprint density at radius 1 is 1.50 bits per heavy atom. The van der Waals surface area contributed by atoms with Gasteiger partial charge in [-0.05, 0) is 6.07 Å². The highest BCUT2D eigenvalue weighted by molar-refractivity contribution is 5.80. The van der Waals surface area contributed by atoms with Gasteiger partial charge < -0.3 is 14.8 Å². The van der Waals surface area contributed by atoms with Crippen molar-refractivity contribution in [2.45, 2.75) is 12.5 Å². The van der Waals surface area contributed by atoms with Gasteiger partial charge in [0.05, 0.1) is 24.5 Å². The van der Waals surface area contributed by atoms with Crippen molar-refractivity contribution in [3.8, 4) is 0 Å². The summed E-state index contributed by atoms with van der Waals surface area (Å²) >= 11 is 0. The Kier molecular flexibility index (Phi) is 4.24. The Bertz CT molecular complexity index is 620. The summed E-state index contributed by atoms with van der Waals surface area (Å²) in [6.45, 7) is 2.89. The maximum atomic E-state index is 12.7. The van der Waals surface area contributed by atoms with E-state index in [4.69, 9.17) is 0 Å². The van der Waals surface area contributed by atoms with E-state index < -0.39 is 0 Å². The molecule has 0 aromatic carbocycles. The van der Waals surface area contributed by atoms with E-state index in [1.165, 1.54) is 0 Å². The number of hydrogen-bond acceptors (Lipinski definition) is 4. The minimum atomic E-state index is -0.0440. The summed E-state index contributed by atoms with van der Waals surface area (Å²) in [6, 6.07) is 1.89. The lowest BCUT2D eigenvalue weighted by Gasteiger charge is -2.23. The van der Waals surface area contributed by atoms with E-state index in [2.05, 4.69) is 15.4 Å². The largest absolute Gasteiger partial charge is 0.344 e. The van der Waals surface area contributed by atoms with Crippen LogP contribution in [0.5, 0.6) is 0 Å². The molecule has 1 aliphatic rings. The number of hydrogen-bond donors (Lipinski definition) is 1. The van der Waals surface area contributed by atoms with Crippen LogP contribution in [0, 0.1) is 5.92 Å². The first-order valence-corrected chi connectivity index (χ1v) is 7.56. The lowest BCUT2D eigenvalue weighted by Crippen LogP contribution is -2.38. The molecule has 3 heterocycles. The fourth-order valence-corrected chi connectivity index (χ4v) is 2.95. The molecular formula is C15H22N6O. The molecule has 7 heteroatoms. The molecule has 2 aromatic heterocycles. The number of amides is 1. The van der Waals surface area contributed by atoms with Crippen LogP contribution in [0.3, 0.4) is 0 Å². The Balaban J connectivity index is 1.62. The van der Waals surface area contributed by atoms with Crippen LogP contribution >= 0.6 is 0 Å². The molecule has 1 saturated heterocycles. The number of imidazole rings is 1. The van der Waals surface area contributed by atoms with E-state index in [9.17, 15) is 4.79 Å². The van der Waals surface area contributed by atoms with E-state index >= 15 is 0 Å². The monoisotopic (exact) mass is 302 g/mol. The van der Waals surface area contributed by atoms with Crippen molar-refractivity contribution in [1.82, 2.24) is 29.5 Å². The zero-order valence-electron chi connectivity index (χ0n) is 13.0. The molecule has 3 rings (SSSR count). The standard InChI is InChI=1S/C15H22N6O/c1-19-10-14(17-11-19)12-8-16-9-13(12)15(22)20(2)6-7-21-5-3-4-18-21/h3-5,10-13,16H,6-9H2,1-2H3/t12-,13-/m1/s1. The smallest absolute Gasteiger partial charge is 0.227 e. The topological polar surface area (TPSA) is 68.0 Å². The van der Waals surface area contributed by atoms with Gasteiger partial charge in [0.25, 0.3) is 0 Å². The minimum absolute atomic E-state index is 0.0440. The van der Waals surface area contributed by atoms with Crippen LogP contribution in [0.25, 0.3) is 0 Å². The summed E-state index contributed by atoms with van der Waals surface area (Å²) in [5.74, 6) is 0.284. The third-order valence-corrected chi connectivity index (χ3v) is 4.24. The van der Waals surface area contributed by atoms with E-state index in [1.54, 1.807) is 17.4 Å². The molecule has 2 atom stereocenters. The summed E-state index contributed by atoms with van der Waals surface area (Å²) in [5.41, 5.74) is 0.992. The Morgan fingerprint density at radius 2 is 2.36 bits per heavy atom. The fourth-order valence-electron chi connectivity index (χ4n) is 2.95. The van der Waals surface area contributed by atoms with Crippen LogP contribution in [0.15, 0.2) is 31.0 Å². The van der Waals surface area contributed by atoms with Crippen molar-refractivity contribution in [3.05, 3.63) is 36.7 Å². The molecule has 0 saturated carbocycles. The molecule has 0 bridgehead atoms. The number of nitrogens with one attached hydrogen (secondary N) is 1. The molecule has 2 aromatic rings. The molecule has 0 spiro atoms. The first kappa shape index (κ1) is 14.8. The predicted octanol–water partition coefficient (Wildman–Crippen LogP) is 0.0782. The maximum Gasteiger partial charge on any atom is 0.227 e. The molecule has 118 valence electrons. The molecule has 7 nitrogen and oxygen atoms in total. The molecule has 1 amide bonds. The van der Waals surface area contributed by atoms with Crippen molar-refractivity contribution in [2.24, 2.45) is 13.0 Å². The quantitative estimate of drug-likeness (QED) is 0.849. The molecule has 1 fully saturated rings. The number of aryl methyl sites for hydroxylation is 1. The van der Waals surface area contributed by atoms with E-state index in [0.717, 1.165) is 12.2 Å². The van der Waals surface area contributed by atoms with Crippen molar-refractivity contribution in [1.29, 1.82) is 0 Å². The van der Waals surface area contributed by atoms with Gasteiger partial charge in [-0.1, -0.05) is 0 Å². The van der Waals surface area contributed by atoms with E-state index in [1.807, 2.05) is 41.8 Å². The molecule has 1 aliphatic heterocycles. The average Bonchev–Trinajstić information content (AvgIpc) is 3.24. The maximum absolute atomic E-state index is 12.7. The van der Waals surface area contributed by atoms with Crippen LogP contribution in [-0.4, -0.2) is 56.8 Å². The lowest BCUT2D eigenvalue weighted by atomic mass is 9.92. The van der Waals surface area contributed by atoms with E-state index in [-0.39, 0.29) is 17.7 Å². The Labute approximate surface area is 129 Å². The third-order valence-electron chi connectivity index (χ3n) is 4.24. The summed E-state index contributed by atoms with van der Waals surface area (Å²) in [7, 11) is 3.81. The zero-order valence-corrected chi connectivity index (χ0v) is 13.0. The van der Waals surface area contributed by atoms with E-state index in [0.29, 0.717) is 19.6 Å². The molecule has 0 radical (unpaired) electrons. The molecule has 0 unspecified atom stereocenters. The van der Waals surface area contributed by atoms with Gasteiger partial charge in [-0.2, -0.15) is 5.10 Å². The third kappa shape index (κ3) is 3.04. The van der Waals surface area contributed by atoms with Crippen LogP contribution in [0.2, 0.25) is 0 Å². The highest BCUT2D eigenvalue weighted by Crippen LogP contribution is 2.28. The van der Waals surface area contributed by atoms with Gasteiger partial charge in [0.15, 0.2) is 0 Å². The molecule has 22 heavy (non-hydrogen) atoms. The first-order chi connectivity index (χ1) is 10.6. The summed E-state index contributed by atoms with van der Waals surface area (Å²) in [5, 5.41) is 7.49. The Hall–Kier alpha value is -2.15. The number of aromatic nitrogens is 4. The van der Waals surface area contributed by atoms with Gasteiger partial charge in [0.1, 0.15) is 0 Å². The van der Waals surface area contributed by atoms with Gasteiger partial charge in [0.2, 0.25) is 5.91 Å². The number of carbonyl (C=O) groups excluding carboxylic acids is 1. The number of rotatable bonds is 5. The summed E-state index contributed by atoms with van der Waals surface area (Å²) in [4.78, 5) is 18.9. The van der Waals surface area contributed by atoms with Gasteiger partial charge in [-0.3, -0.25) is 9.48 Å². The first-order valence-electron chi connectivity index (χ1n) is 7.56. The minimum Gasteiger partial charge on any atom is -0.344 e. The summed E-state index contributed by atoms with van der Waals surface area (Å²) < 4.78 is 3.77. The predicted molar refractivity (Wildman–Crippen MR) is 82.2 cm³/mol. The molecule has 0 aliphatic carbocycles. The second-order valence-electron chi connectivity index (χ2n) is 5.86.